The lowest BCUT2D eigenvalue weighted by Gasteiger charge is -2.15. The molecule has 1 aromatic rings. The van der Waals surface area contributed by atoms with E-state index in [4.69, 9.17) is 4.74 Å². The number of nitrogens with one attached hydrogen (secondary N) is 1. The number of aromatic nitrogens is 2. The number of nitrogens with zero attached hydrogens (tertiary/aromatic N) is 2. The highest BCUT2D eigenvalue weighted by atomic mass is 16.5. The predicted octanol–water partition coefficient (Wildman–Crippen LogP) is 0.843. The van der Waals surface area contributed by atoms with Gasteiger partial charge in [0.15, 0.2) is 0 Å². The molecule has 0 bridgehead atoms. The highest BCUT2D eigenvalue weighted by Gasteiger charge is 2.11. The minimum Gasteiger partial charge on any atom is -0.480 e. The molecule has 4 nitrogen and oxygen atoms in total. The van der Waals surface area contributed by atoms with Crippen molar-refractivity contribution in [2.24, 2.45) is 0 Å². The quantitative estimate of drug-likeness (QED) is 0.670. The first-order chi connectivity index (χ1) is 5.90. The minimum atomic E-state index is 0.595. The molecule has 1 aromatic heterocycles. The fourth-order valence-corrected chi connectivity index (χ4v) is 1.29. The zero-order chi connectivity index (χ0) is 8.39. The number of rotatable bonds is 1. The lowest BCUT2D eigenvalue weighted by molar-refractivity contribution is 0.393. The van der Waals surface area contributed by atoms with Crippen molar-refractivity contribution in [3.8, 4) is 5.88 Å². The molecule has 0 aromatic carbocycles. The molecular formula is C8H11N3O. The van der Waals surface area contributed by atoms with Crippen LogP contribution in [0.2, 0.25) is 0 Å². The number of aryl methyl sites for hydroxylation is 1. The lowest BCUT2D eigenvalue weighted by atomic mass is 10.2. The van der Waals surface area contributed by atoms with Crippen LogP contribution in [-0.2, 0) is 6.42 Å². The van der Waals surface area contributed by atoms with Crippen molar-refractivity contribution in [1.29, 1.82) is 0 Å². The number of methoxy groups -OCH3 is 1. The molecule has 0 atom stereocenters. The number of anilines is 1. The van der Waals surface area contributed by atoms with Crippen LogP contribution in [0.4, 0.5) is 5.82 Å². The highest BCUT2D eigenvalue weighted by Crippen LogP contribution is 2.18. The molecule has 2 rings (SSSR count). The molecule has 0 amide bonds. The Kier molecular flexibility index (Phi) is 1.81. The van der Waals surface area contributed by atoms with Crippen molar-refractivity contribution >= 4 is 5.82 Å². The standard InChI is InChI=1S/C8H11N3O/c1-12-7-5-10-8-6(11-7)3-2-4-9-8/h5H,2-4H2,1H3,(H,9,10). The van der Waals surface area contributed by atoms with Crippen molar-refractivity contribution in [2.75, 3.05) is 19.0 Å². The van der Waals surface area contributed by atoms with Gasteiger partial charge in [-0.3, -0.25) is 0 Å². The maximum Gasteiger partial charge on any atom is 0.232 e. The van der Waals surface area contributed by atoms with Gasteiger partial charge in [-0.25, -0.2) is 9.97 Å². The smallest absolute Gasteiger partial charge is 0.232 e. The third kappa shape index (κ3) is 1.20. The van der Waals surface area contributed by atoms with Crippen molar-refractivity contribution in [3.05, 3.63) is 11.9 Å². The minimum absolute atomic E-state index is 0.595. The van der Waals surface area contributed by atoms with Crippen molar-refractivity contribution in [3.63, 3.8) is 0 Å². The van der Waals surface area contributed by atoms with E-state index in [0.29, 0.717) is 5.88 Å². The first-order valence-corrected chi connectivity index (χ1v) is 4.04. The van der Waals surface area contributed by atoms with E-state index in [1.54, 1.807) is 13.3 Å². The van der Waals surface area contributed by atoms with E-state index in [1.165, 1.54) is 0 Å². The molecule has 0 unspecified atom stereocenters. The van der Waals surface area contributed by atoms with Crippen LogP contribution in [0, 0.1) is 0 Å². The van der Waals surface area contributed by atoms with Crippen LogP contribution in [-0.4, -0.2) is 23.6 Å². The number of hydrogen-bond acceptors (Lipinski definition) is 4. The van der Waals surface area contributed by atoms with Crippen LogP contribution in [0.1, 0.15) is 12.1 Å². The summed E-state index contributed by atoms with van der Waals surface area (Å²) < 4.78 is 4.98. The van der Waals surface area contributed by atoms with Gasteiger partial charge in [-0.2, -0.15) is 0 Å². The molecule has 2 heterocycles. The molecule has 0 saturated carbocycles. The van der Waals surface area contributed by atoms with Gasteiger partial charge in [-0.1, -0.05) is 0 Å². The second kappa shape index (κ2) is 2.97. The van der Waals surface area contributed by atoms with Crippen LogP contribution >= 0.6 is 0 Å². The fourth-order valence-electron chi connectivity index (χ4n) is 1.29. The van der Waals surface area contributed by atoms with E-state index < -0.39 is 0 Å². The first kappa shape index (κ1) is 7.34. The molecule has 64 valence electrons. The molecule has 1 aliphatic heterocycles. The largest absolute Gasteiger partial charge is 0.480 e. The number of hydrogen-bond donors (Lipinski definition) is 1. The molecule has 12 heavy (non-hydrogen) atoms. The second-order valence-corrected chi connectivity index (χ2v) is 2.74. The van der Waals surface area contributed by atoms with E-state index in [2.05, 4.69) is 15.3 Å². The highest BCUT2D eigenvalue weighted by molar-refractivity contribution is 5.42. The second-order valence-electron chi connectivity index (χ2n) is 2.74. The van der Waals surface area contributed by atoms with Gasteiger partial charge >= 0.3 is 0 Å². The van der Waals surface area contributed by atoms with Crippen molar-refractivity contribution in [2.45, 2.75) is 12.8 Å². The van der Waals surface area contributed by atoms with Gasteiger partial charge < -0.3 is 10.1 Å². The van der Waals surface area contributed by atoms with Gasteiger partial charge in [0, 0.05) is 6.54 Å². The molecular weight excluding hydrogens is 154 g/mol. The number of fused-ring (bicyclic) bond motifs is 1. The molecule has 1 aliphatic rings. The third-order valence-corrected chi connectivity index (χ3v) is 1.91. The zero-order valence-corrected chi connectivity index (χ0v) is 7.00. The molecule has 4 heteroatoms. The normalized spacial score (nSPS) is 14.8. The van der Waals surface area contributed by atoms with E-state index in [0.717, 1.165) is 30.9 Å². The van der Waals surface area contributed by atoms with E-state index in [9.17, 15) is 0 Å². The SMILES string of the molecule is COc1cnc2c(n1)CCCN2. The Labute approximate surface area is 71.0 Å². The molecule has 1 N–H and O–H groups in total. The summed E-state index contributed by atoms with van der Waals surface area (Å²) in [7, 11) is 1.60. The zero-order valence-electron chi connectivity index (χ0n) is 7.00. The van der Waals surface area contributed by atoms with Gasteiger partial charge in [-0.15, -0.1) is 0 Å². The van der Waals surface area contributed by atoms with E-state index in [-0.39, 0.29) is 0 Å². The number of ether oxygens (including phenoxy) is 1. The summed E-state index contributed by atoms with van der Waals surface area (Å²) >= 11 is 0. The molecule has 0 fully saturated rings. The Balaban J connectivity index is 2.36. The van der Waals surface area contributed by atoms with E-state index in [1.807, 2.05) is 0 Å². The van der Waals surface area contributed by atoms with Gasteiger partial charge in [0.25, 0.3) is 0 Å². The molecule has 0 saturated heterocycles. The summed E-state index contributed by atoms with van der Waals surface area (Å²) in [5.74, 6) is 1.50. The lowest BCUT2D eigenvalue weighted by Crippen LogP contribution is -2.14. The van der Waals surface area contributed by atoms with Gasteiger partial charge in [0.2, 0.25) is 5.88 Å². The summed E-state index contributed by atoms with van der Waals surface area (Å²) in [5, 5.41) is 3.18. The van der Waals surface area contributed by atoms with Gasteiger partial charge in [0.05, 0.1) is 19.0 Å². The summed E-state index contributed by atoms with van der Waals surface area (Å²) in [6.07, 6.45) is 3.75. The van der Waals surface area contributed by atoms with Crippen LogP contribution < -0.4 is 10.1 Å². The monoisotopic (exact) mass is 165 g/mol. The maximum absolute atomic E-state index is 4.98. The fraction of sp³-hybridized carbons (Fsp3) is 0.500. The third-order valence-electron chi connectivity index (χ3n) is 1.91. The summed E-state index contributed by atoms with van der Waals surface area (Å²) in [6, 6.07) is 0. The summed E-state index contributed by atoms with van der Waals surface area (Å²) in [4.78, 5) is 8.48. The van der Waals surface area contributed by atoms with Crippen molar-refractivity contribution < 1.29 is 4.74 Å². The summed E-state index contributed by atoms with van der Waals surface area (Å²) in [6.45, 7) is 0.994. The summed E-state index contributed by atoms with van der Waals surface area (Å²) in [5.41, 5.74) is 1.01. The Bertz CT molecular complexity index is 288. The maximum atomic E-state index is 4.98. The van der Waals surface area contributed by atoms with Gasteiger partial charge in [-0.05, 0) is 12.8 Å². The Hall–Kier alpha value is -1.32. The Morgan fingerprint density at radius 1 is 1.58 bits per heavy atom. The topological polar surface area (TPSA) is 47.0 Å². The van der Waals surface area contributed by atoms with E-state index >= 15 is 0 Å². The van der Waals surface area contributed by atoms with Crippen molar-refractivity contribution in [1.82, 2.24) is 9.97 Å². The van der Waals surface area contributed by atoms with Crippen LogP contribution in [0.15, 0.2) is 6.20 Å². The Morgan fingerprint density at radius 3 is 3.33 bits per heavy atom. The average Bonchev–Trinajstić information content (AvgIpc) is 2.17. The first-order valence-electron chi connectivity index (χ1n) is 4.04. The molecule has 0 aliphatic carbocycles. The molecule has 0 spiro atoms. The van der Waals surface area contributed by atoms with Crippen LogP contribution in [0.3, 0.4) is 0 Å². The van der Waals surface area contributed by atoms with Crippen LogP contribution in [0.5, 0.6) is 5.88 Å². The van der Waals surface area contributed by atoms with Crippen LogP contribution in [0.25, 0.3) is 0 Å². The van der Waals surface area contributed by atoms with Gasteiger partial charge in [0.1, 0.15) is 5.82 Å². The molecule has 0 radical (unpaired) electrons. The predicted molar refractivity (Wildman–Crippen MR) is 45.4 cm³/mol. The Morgan fingerprint density at radius 2 is 2.50 bits per heavy atom. The average molecular weight is 165 g/mol.